The van der Waals surface area contributed by atoms with Crippen LogP contribution in [0.3, 0.4) is 0 Å². The molecule has 1 aromatic heterocycles. The van der Waals surface area contributed by atoms with E-state index in [1.54, 1.807) is 47.8 Å². The fraction of sp³-hybridized carbons (Fsp3) is 0.286. The molecule has 9 heteroatoms. The Morgan fingerprint density at radius 1 is 0.967 bits per heavy atom. The molecule has 160 valence electrons. The van der Waals surface area contributed by atoms with Crippen LogP contribution in [0.1, 0.15) is 17.0 Å². The van der Waals surface area contributed by atoms with Gasteiger partial charge >= 0.3 is 7.60 Å². The zero-order valence-corrected chi connectivity index (χ0v) is 18.6. The highest BCUT2D eigenvalue weighted by Crippen LogP contribution is 2.59. The van der Waals surface area contributed by atoms with Gasteiger partial charge in [-0.1, -0.05) is 30.3 Å². The highest BCUT2D eigenvalue weighted by molar-refractivity contribution is 7.54. The van der Waals surface area contributed by atoms with Crippen LogP contribution in [-0.4, -0.2) is 30.7 Å². The maximum atomic E-state index is 13.3. The second kappa shape index (κ2) is 8.92. The normalized spacial score (nSPS) is 12.6. The lowest BCUT2D eigenvalue weighted by molar-refractivity contribution is 0.268. The van der Waals surface area contributed by atoms with Gasteiger partial charge in [0.2, 0.25) is 0 Å². The first-order valence-electron chi connectivity index (χ1n) is 9.32. The Balaban J connectivity index is 2.11. The standard InChI is InChI=1S/C21H26N3O5P/c1-15-19(21(25)24(23(15)2)17-9-7-6-8-10-17)22-20(30(26,28-4)29-5)16-11-13-18(27-3)14-12-16/h6-14,20,22H,1-5H3. The van der Waals surface area contributed by atoms with Crippen molar-refractivity contribution < 1.29 is 18.3 Å². The van der Waals surface area contributed by atoms with Gasteiger partial charge < -0.3 is 19.1 Å². The zero-order valence-electron chi connectivity index (χ0n) is 17.7. The molecule has 1 unspecified atom stereocenters. The third kappa shape index (κ3) is 3.94. The van der Waals surface area contributed by atoms with Crippen LogP contribution in [-0.2, 0) is 20.7 Å². The van der Waals surface area contributed by atoms with E-state index >= 15 is 0 Å². The summed E-state index contributed by atoms with van der Waals surface area (Å²) in [6.45, 7) is 1.82. The molecule has 3 aromatic rings. The molecular formula is C21H26N3O5P. The van der Waals surface area contributed by atoms with Gasteiger partial charge in [0.1, 0.15) is 11.4 Å². The van der Waals surface area contributed by atoms with Crippen molar-refractivity contribution in [2.24, 2.45) is 7.05 Å². The summed E-state index contributed by atoms with van der Waals surface area (Å²) < 4.78 is 32.4. The minimum atomic E-state index is -3.63. The number of benzene rings is 2. The fourth-order valence-electron chi connectivity index (χ4n) is 3.29. The SMILES string of the molecule is COc1ccc(C(Nc2c(C)n(C)n(-c3ccccc3)c2=O)P(=O)(OC)OC)cc1. The van der Waals surface area contributed by atoms with Crippen molar-refractivity contribution in [3.63, 3.8) is 0 Å². The molecule has 3 rings (SSSR count). The second-order valence-electron chi connectivity index (χ2n) is 6.66. The molecule has 8 nitrogen and oxygen atoms in total. The van der Waals surface area contributed by atoms with Gasteiger partial charge in [0.25, 0.3) is 5.56 Å². The van der Waals surface area contributed by atoms with Gasteiger partial charge in [-0.25, -0.2) is 4.68 Å². The lowest BCUT2D eigenvalue weighted by atomic mass is 10.2. The number of hydrogen-bond acceptors (Lipinski definition) is 6. The van der Waals surface area contributed by atoms with Gasteiger partial charge in [-0.15, -0.1) is 0 Å². The Kier molecular flexibility index (Phi) is 6.51. The summed E-state index contributed by atoms with van der Waals surface area (Å²) in [6.07, 6.45) is 0. The van der Waals surface area contributed by atoms with Gasteiger partial charge in [-0.05, 0) is 36.8 Å². The lowest BCUT2D eigenvalue weighted by Gasteiger charge is -2.26. The Morgan fingerprint density at radius 2 is 1.57 bits per heavy atom. The summed E-state index contributed by atoms with van der Waals surface area (Å²) in [4.78, 5) is 13.3. The molecule has 1 heterocycles. The average molecular weight is 431 g/mol. The highest BCUT2D eigenvalue weighted by Gasteiger charge is 2.37. The molecule has 0 saturated carbocycles. The van der Waals surface area contributed by atoms with Gasteiger partial charge in [-0.2, -0.15) is 0 Å². The molecule has 0 aliphatic carbocycles. The van der Waals surface area contributed by atoms with Crippen molar-refractivity contribution in [3.8, 4) is 11.4 Å². The number of nitrogens with zero attached hydrogens (tertiary/aromatic N) is 2. The van der Waals surface area contributed by atoms with Crippen LogP contribution in [0, 0.1) is 6.92 Å². The average Bonchev–Trinajstić information content (AvgIpc) is 3.00. The molecule has 0 saturated heterocycles. The number of rotatable bonds is 8. The number of ether oxygens (including phenoxy) is 1. The van der Waals surface area contributed by atoms with E-state index in [0.717, 1.165) is 5.69 Å². The quantitative estimate of drug-likeness (QED) is 0.541. The van der Waals surface area contributed by atoms with E-state index < -0.39 is 13.4 Å². The number of methoxy groups -OCH3 is 1. The predicted molar refractivity (Wildman–Crippen MR) is 117 cm³/mol. The molecule has 0 bridgehead atoms. The minimum Gasteiger partial charge on any atom is -0.497 e. The smallest absolute Gasteiger partial charge is 0.356 e. The number of para-hydroxylation sites is 1. The topological polar surface area (TPSA) is 83.7 Å². The van der Waals surface area contributed by atoms with Crippen molar-refractivity contribution in [2.45, 2.75) is 12.7 Å². The van der Waals surface area contributed by atoms with Gasteiger partial charge in [0, 0.05) is 21.3 Å². The van der Waals surface area contributed by atoms with E-state index in [4.69, 9.17) is 13.8 Å². The first kappa shape index (κ1) is 21.9. The molecule has 0 amide bonds. The molecule has 1 atom stereocenters. The van der Waals surface area contributed by atoms with Crippen molar-refractivity contribution >= 4 is 13.3 Å². The van der Waals surface area contributed by atoms with E-state index in [2.05, 4.69) is 5.32 Å². The maximum Gasteiger partial charge on any atom is 0.356 e. The van der Waals surface area contributed by atoms with E-state index in [1.165, 1.54) is 14.2 Å². The Hall–Kier alpha value is -2.80. The van der Waals surface area contributed by atoms with Gasteiger partial charge in [-0.3, -0.25) is 14.0 Å². The predicted octanol–water partition coefficient (Wildman–Crippen LogP) is 4.09. The number of hydrogen-bond donors (Lipinski definition) is 1. The molecule has 30 heavy (non-hydrogen) atoms. The van der Waals surface area contributed by atoms with Gasteiger partial charge in [0.15, 0.2) is 5.78 Å². The van der Waals surface area contributed by atoms with Crippen molar-refractivity contribution in [3.05, 3.63) is 76.2 Å². The van der Waals surface area contributed by atoms with Crippen LogP contribution >= 0.6 is 7.60 Å². The molecule has 0 aliphatic rings. The molecule has 0 spiro atoms. The minimum absolute atomic E-state index is 0.265. The highest BCUT2D eigenvalue weighted by atomic mass is 31.2. The summed E-state index contributed by atoms with van der Waals surface area (Å²) in [6, 6.07) is 16.3. The summed E-state index contributed by atoms with van der Waals surface area (Å²) in [5.74, 6) is -0.235. The molecule has 0 fully saturated rings. The van der Waals surface area contributed by atoms with Crippen molar-refractivity contribution in [1.29, 1.82) is 0 Å². The Labute approximate surface area is 175 Å². The zero-order chi connectivity index (χ0) is 21.9. The number of aromatic nitrogens is 2. The van der Waals surface area contributed by atoms with Crippen molar-refractivity contribution in [1.82, 2.24) is 9.36 Å². The van der Waals surface area contributed by atoms with Crippen LogP contribution in [0.15, 0.2) is 59.4 Å². The van der Waals surface area contributed by atoms with E-state index in [-0.39, 0.29) is 5.56 Å². The van der Waals surface area contributed by atoms with Crippen LogP contribution in [0.4, 0.5) is 5.69 Å². The van der Waals surface area contributed by atoms with Crippen LogP contribution in [0.5, 0.6) is 5.75 Å². The first-order valence-corrected chi connectivity index (χ1v) is 10.9. The number of anilines is 1. The third-order valence-electron chi connectivity index (χ3n) is 5.09. The third-order valence-corrected chi connectivity index (χ3v) is 7.17. The van der Waals surface area contributed by atoms with Crippen LogP contribution < -0.4 is 15.6 Å². The largest absolute Gasteiger partial charge is 0.497 e. The summed E-state index contributed by atoms with van der Waals surface area (Å²) in [5, 5.41) is 3.13. The number of nitrogens with one attached hydrogen (secondary N) is 1. The van der Waals surface area contributed by atoms with E-state index in [9.17, 15) is 9.36 Å². The Bertz CT molecular complexity index is 1100. The molecule has 0 aliphatic heterocycles. The summed E-state index contributed by atoms with van der Waals surface area (Å²) in [5.41, 5.74) is 2.09. The summed E-state index contributed by atoms with van der Waals surface area (Å²) in [7, 11) is 2.38. The maximum absolute atomic E-state index is 13.3. The van der Waals surface area contributed by atoms with E-state index in [0.29, 0.717) is 22.7 Å². The summed E-state index contributed by atoms with van der Waals surface area (Å²) >= 11 is 0. The van der Waals surface area contributed by atoms with Crippen LogP contribution in [0.2, 0.25) is 0 Å². The van der Waals surface area contributed by atoms with Crippen molar-refractivity contribution in [2.75, 3.05) is 26.6 Å². The molecule has 2 aromatic carbocycles. The molecule has 1 N–H and O–H groups in total. The molecular weight excluding hydrogens is 405 g/mol. The van der Waals surface area contributed by atoms with E-state index in [1.807, 2.05) is 37.3 Å². The van der Waals surface area contributed by atoms with Crippen LogP contribution in [0.25, 0.3) is 5.69 Å². The molecule has 0 radical (unpaired) electrons. The Morgan fingerprint density at radius 3 is 2.10 bits per heavy atom. The second-order valence-corrected chi connectivity index (χ2v) is 8.99. The first-order chi connectivity index (χ1) is 14.4. The lowest BCUT2D eigenvalue weighted by Crippen LogP contribution is -2.22. The monoisotopic (exact) mass is 431 g/mol. The van der Waals surface area contributed by atoms with Gasteiger partial charge in [0.05, 0.1) is 18.5 Å². The fourth-order valence-corrected chi connectivity index (χ4v) is 4.68.